The first-order valence-corrected chi connectivity index (χ1v) is 13.1. The van der Waals surface area contributed by atoms with Gasteiger partial charge < -0.3 is 24.8 Å². The summed E-state index contributed by atoms with van der Waals surface area (Å²) in [6, 6.07) is -0.819. The molecular formula is C23H37N4O7S-. The fraction of sp³-hybridized carbons (Fsp3) is 0.739. The Morgan fingerprint density at radius 1 is 1.23 bits per heavy atom. The van der Waals surface area contributed by atoms with Gasteiger partial charge in [0, 0.05) is 23.7 Å². The summed E-state index contributed by atoms with van der Waals surface area (Å²) in [4.78, 5) is 51.7. The third-order valence-electron chi connectivity index (χ3n) is 5.94. The number of rotatable bonds is 11. The van der Waals surface area contributed by atoms with Crippen LogP contribution in [0.25, 0.3) is 0 Å². The van der Waals surface area contributed by atoms with E-state index in [-0.39, 0.29) is 18.9 Å². The molecule has 2 fully saturated rings. The standard InChI is InChI=1S/C23H38N4O7S/c1-5-6-7-8-9-11-16-14-23(16,20(30)26-35(32)33)25-19(29)17-12-10-13-27(17)18(28)15-24-21(31)34-22(2,3)4/h9,11,16-17H,5-8,10,12-15H2,1-4H3,(H,24,31)(H,25,29)(H,26,30)(H,32,33)/p-1. The monoisotopic (exact) mass is 513 g/mol. The van der Waals surface area contributed by atoms with Crippen molar-refractivity contribution in [2.75, 3.05) is 13.1 Å². The zero-order valence-electron chi connectivity index (χ0n) is 20.9. The van der Waals surface area contributed by atoms with Crippen LogP contribution >= 0.6 is 0 Å². The maximum atomic E-state index is 13.1. The maximum absolute atomic E-state index is 13.1. The molecule has 0 radical (unpaired) electrons. The smallest absolute Gasteiger partial charge is 0.408 e. The normalized spacial score (nSPS) is 24.7. The van der Waals surface area contributed by atoms with Gasteiger partial charge in [-0.2, -0.15) is 0 Å². The Balaban J connectivity index is 2.01. The molecule has 0 bridgehead atoms. The van der Waals surface area contributed by atoms with Crippen LogP contribution in [0.15, 0.2) is 12.2 Å². The Labute approximate surface area is 209 Å². The largest absolute Gasteiger partial charge is 0.755 e. The minimum atomic E-state index is -2.81. The second-order valence-corrected chi connectivity index (χ2v) is 10.6. The summed E-state index contributed by atoms with van der Waals surface area (Å²) in [6.07, 6.45) is 8.30. The van der Waals surface area contributed by atoms with E-state index >= 15 is 0 Å². The first-order valence-electron chi connectivity index (χ1n) is 12.0. The number of ether oxygens (including phenoxy) is 1. The molecular weight excluding hydrogens is 476 g/mol. The van der Waals surface area contributed by atoms with Gasteiger partial charge in [-0.15, -0.1) is 0 Å². The quantitative estimate of drug-likeness (QED) is 0.214. The fourth-order valence-electron chi connectivity index (χ4n) is 4.13. The van der Waals surface area contributed by atoms with Crippen LogP contribution in [-0.4, -0.2) is 67.7 Å². The molecule has 1 saturated carbocycles. The minimum absolute atomic E-state index is 0.271. The van der Waals surface area contributed by atoms with Crippen molar-refractivity contribution >= 4 is 35.1 Å². The number of likely N-dealkylation sites (tertiary alicyclic amines) is 1. The van der Waals surface area contributed by atoms with Crippen LogP contribution in [0.2, 0.25) is 0 Å². The Morgan fingerprint density at radius 2 is 1.94 bits per heavy atom. The summed E-state index contributed by atoms with van der Waals surface area (Å²) in [7, 11) is 0. The predicted molar refractivity (Wildman–Crippen MR) is 128 cm³/mol. The molecule has 0 aromatic carbocycles. The van der Waals surface area contributed by atoms with Gasteiger partial charge in [-0.3, -0.25) is 23.3 Å². The van der Waals surface area contributed by atoms with E-state index in [0.29, 0.717) is 19.4 Å². The van der Waals surface area contributed by atoms with Gasteiger partial charge in [0.15, 0.2) is 0 Å². The molecule has 1 saturated heterocycles. The van der Waals surface area contributed by atoms with Crippen LogP contribution in [-0.2, 0) is 30.4 Å². The van der Waals surface area contributed by atoms with Gasteiger partial charge in [0.1, 0.15) is 23.7 Å². The molecule has 0 spiro atoms. The average molecular weight is 514 g/mol. The summed E-state index contributed by atoms with van der Waals surface area (Å²) in [5.41, 5.74) is -2.08. The van der Waals surface area contributed by atoms with E-state index in [9.17, 15) is 27.9 Å². The molecule has 1 aliphatic carbocycles. The highest BCUT2D eigenvalue weighted by Gasteiger charge is 2.60. The van der Waals surface area contributed by atoms with Crippen LogP contribution in [0.3, 0.4) is 0 Å². The minimum Gasteiger partial charge on any atom is -0.755 e. The van der Waals surface area contributed by atoms with Gasteiger partial charge in [-0.1, -0.05) is 31.9 Å². The third kappa shape index (κ3) is 8.60. The third-order valence-corrected chi connectivity index (χ3v) is 6.30. The van der Waals surface area contributed by atoms with E-state index < -0.39 is 52.3 Å². The van der Waals surface area contributed by atoms with E-state index in [0.717, 1.165) is 25.7 Å². The summed E-state index contributed by atoms with van der Waals surface area (Å²) >= 11 is -2.81. The number of alkyl carbamates (subject to hydrolysis) is 1. The molecule has 3 N–H and O–H groups in total. The number of amides is 4. The molecule has 11 nitrogen and oxygen atoms in total. The topological polar surface area (TPSA) is 157 Å². The Bertz CT molecular complexity index is 857. The molecule has 4 atom stereocenters. The van der Waals surface area contributed by atoms with Crippen molar-refractivity contribution in [3.8, 4) is 0 Å². The van der Waals surface area contributed by atoms with E-state index in [4.69, 9.17) is 4.74 Å². The number of hydrogen-bond donors (Lipinski definition) is 3. The SMILES string of the molecule is CCCCCC=CC1CC1(NC(=O)C1CCCN1C(=O)CNC(=O)OC(C)(C)C)C(=O)NS(=O)[O-]. The maximum Gasteiger partial charge on any atom is 0.408 e. The second kappa shape index (κ2) is 12.5. The lowest BCUT2D eigenvalue weighted by molar-refractivity contribution is -0.139. The van der Waals surface area contributed by atoms with E-state index in [1.54, 1.807) is 20.8 Å². The van der Waals surface area contributed by atoms with Gasteiger partial charge in [-0.05, 0) is 52.9 Å². The van der Waals surface area contributed by atoms with Gasteiger partial charge in [0.05, 0.1) is 0 Å². The second-order valence-electron chi connectivity index (χ2n) is 9.96. The number of carbonyl (C=O) groups is 4. The van der Waals surface area contributed by atoms with Gasteiger partial charge >= 0.3 is 6.09 Å². The summed E-state index contributed by atoms with van der Waals surface area (Å²) in [5, 5.41) is 5.11. The number of unbranched alkanes of at least 4 members (excludes halogenated alkanes) is 3. The van der Waals surface area contributed by atoms with Crippen LogP contribution in [0.5, 0.6) is 0 Å². The van der Waals surface area contributed by atoms with Crippen molar-refractivity contribution in [2.24, 2.45) is 5.92 Å². The molecule has 0 aromatic rings. The van der Waals surface area contributed by atoms with E-state index in [1.165, 1.54) is 4.90 Å². The van der Waals surface area contributed by atoms with Crippen molar-refractivity contribution in [3.63, 3.8) is 0 Å². The van der Waals surface area contributed by atoms with Crippen molar-refractivity contribution in [1.82, 2.24) is 20.3 Å². The zero-order chi connectivity index (χ0) is 26.2. The van der Waals surface area contributed by atoms with Crippen LogP contribution in [0.1, 0.15) is 72.6 Å². The highest BCUT2D eigenvalue weighted by atomic mass is 32.2. The summed E-state index contributed by atoms with van der Waals surface area (Å²) < 4.78 is 29.1. The molecule has 1 aliphatic heterocycles. The highest BCUT2D eigenvalue weighted by molar-refractivity contribution is 7.77. The molecule has 2 aliphatic rings. The number of allylic oxidation sites excluding steroid dienone is 1. The fourth-order valence-corrected chi connectivity index (χ4v) is 4.46. The first kappa shape index (κ1) is 28.8. The van der Waals surface area contributed by atoms with Crippen LogP contribution in [0, 0.1) is 5.92 Å². The number of hydrogen-bond acceptors (Lipinski definition) is 7. The Morgan fingerprint density at radius 3 is 2.57 bits per heavy atom. The summed E-state index contributed by atoms with van der Waals surface area (Å²) in [5.74, 6) is -2.11. The Kier molecular flexibility index (Phi) is 10.3. The molecule has 2 rings (SSSR count). The number of nitrogens with zero attached hydrogens (tertiary/aromatic N) is 1. The molecule has 12 heteroatoms. The number of nitrogens with one attached hydrogen (secondary N) is 3. The first-order chi connectivity index (χ1) is 16.4. The molecule has 198 valence electrons. The van der Waals surface area contributed by atoms with Crippen molar-refractivity contribution in [2.45, 2.75) is 89.8 Å². The van der Waals surface area contributed by atoms with Crippen LogP contribution in [0.4, 0.5) is 4.79 Å². The van der Waals surface area contributed by atoms with E-state index in [2.05, 4.69) is 17.6 Å². The van der Waals surface area contributed by atoms with Crippen LogP contribution < -0.4 is 15.4 Å². The predicted octanol–water partition coefficient (Wildman–Crippen LogP) is 1.42. The lowest BCUT2D eigenvalue weighted by atomic mass is 10.1. The van der Waals surface area contributed by atoms with Gasteiger partial charge in [0.25, 0.3) is 5.91 Å². The molecule has 1 heterocycles. The summed E-state index contributed by atoms with van der Waals surface area (Å²) in [6.45, 7) is 7.21. The van der Waals surface area contributed by atoms with Crippen molar-refractivity contribution in [3.05, 3.63) is 12.2 Å². The zero-order valence-corrected chi connectivity index (χ0v) is 21.7. The van der Waals surface area contributed by atoms with Gasteiger partial charge in [0.2, 0.25) is 11.8 Å². The lowest BCUT2D eigenvalue weighted by Gasteiger charge is -2.27. The Hall–Kier alpha value is -2.47. The van der Waals surface area contributed by atoms with Crippen molar-refractivity contribution in [1.29, 1.82) is 0 Å². The van der Waals surface area contributed by atoms with Gasteiger partial charge in [-0.25, -0.2) is 4.79 Å². The molecule has 0 aromatic heterocycles. The highest BCUT2D eigenvalue weighted by Crippen LogP contribution is 2.45. The van der Waals surface area contributed by atoms with E-state index in [1.807, 2.05) is 16.9 Å². The lowest BCUT2D eigenvalue weighted by Crippen LogP contribution is -2.56. The molecule has 4 unspecified atom stereocenters. The molecule has 4 amide bonds. The molecule has 35 heavy (non-hydrogen) atoms. The van der Waals surface area contributed by atoms with Crippen molar-refractivity contribution < 1.29 is 32.7 Å². The average Bonchev–Trinajstić information content (AvgIpc) is 3.21. The number of carbonyl (C=O) groups excluding carboxylic acids is 4.